The molecule has 4 heteroatoms. The summed E-state index contributed by atoms with van der Waals surface area (Å²) >= 11 is 3.33. The molecular weight excluding hydrogens is 256 g/mol. The van der Waals surface area contributed by atoms with Gasteiger partial charge in [0.25, 0.3) is 0 Å². The standard InChI is InChI=1S/C11H9BrN2O/c12-9-3-4-10(14-6-9)8-15-11-2-1-5-13-7-11/h1-7H,8H2. The van der Waals surface area contributed by atoms with Crippen LogP contribution in [0, 0.1) is 0 Å². The van der Waals surface area contributed by atoms with Crippen molar-refractivity contribution in [1.29, 1.82) is 0 Å². The molecule has 0 aromatic carbocycles. The molecule has 0 N–H and O–H groups in total. The number of rotatable bonds is 3. The maximum Gasteiger partial charge on any atom is 0.138 e. The average Bonchev–Trinajstić information content (AvgIpc) is 2.30. The van der Waals surface area contributed by atoms with Gasteiger partial charge in [-0.1, -0.05) is 0 Å². The van der Waals surface area contributed by atoms with Gasteiger partial charge in [-0.05, 0) is 40.2 Å². The summed E-state index contributed by atoms with van der Waals surface area (Å²) in [5, 5.41) is 0. The Morgan fingerprint density at radius 2 is 2.13 bits per heavy atom. The van der Waals surface area contributed by atoms with Crippen molar-refractivity contribution in [1.82, 2.24) is 9.97 Å². The first-order chi connectivity index (χ1) is 7.34. The van der Waals surface area contributed by atoms with Crippen molar-refractivity contribution in [2.45, 2.75) is 6.61 Å². The van der Waals surface area contributed by atoms with Crippen LogP contribution in [0.25, 0.3) is 0 Å². The van der Waals surface area contributed by atoms with Gasteiger partial charge in [-0.2, -0.15) is 0 Å². The summed E-state index contributed by atoms with van der Waals surface area (Å²) in [5.74, 6) is 0.752. The van der Waals surface area contributed by atoms with E-state index in [9.17, 15) is 0 Å². The van der Waals surface area contributed by atoms with Crippen LogP contribution in [-0.2, 0) is 6.61 Å². The van der Waals surface area contributed by atoms with Gasteiger partial charge < -0.3 is 4.74 Å². The van der Waals surface area contributed by atoms with E-state index in [1.165, 1.54) is 0 Å². The highest BCUT2D eigenvalue weighted by Crippen LogP contribution is 2.11. The molecule has 0 spiro atoms. The molecule has 15 heavy (non-hydrogen) atoms. The SMILES string of the molecule is Brc1ccc(COc2cccnc2)nc1. The molecule has 0 amide bonds. The lowest BCUT2D eigenvalue weighted by Crippen LogP contribution is -1.97. The van der Waals surface area contributed by atoms with Crippen LogP contribution in [0.4, 0.5) is 0 Å². The van der Waals surface area contributed by atoms with Crippen molar-refractivity contribution >= 4 is 15.9 Å². The highest BCUT2D eigenvalue weighted by molar-refractivity contribution is 9.10. The van der Waals surface area contributed by atoms with Gasteiger partial charge in [0.1, 0.15) is 12.4 Å². The molecule has 0 radical (unpaired) electrons. The molecule has 0 aliphatic rings. The van der Waals surface area contributed by atoms with E-state index < -0.39 is 0 Å². The molecule has 0 atom stereocenters. The molecule has 0 aliphatic carbocycles. The molecule has 2 aromatic rings. The first-order valence-corrected chi connectivity index (χ1v) is 5.27. The van der Waals surface area contributed by atoms with Crippen molar-refractivity contribution in [2.75, 3.05) is 0 Å². The third kappa shape index (κ3) is 3.02. The van der Waals surface area contributed by atoms with Gasteiger partial charge in [0.2, 0.25) is 0 Å². The van der Waals surface area contributed by atoms with Crippen molar-refractivity contribution < 1.29 is 4.74 Å². The van der Waals surface area contributed by atoms with Gasteiger partial charge in [0, 0.05) is 16.9 Å². The summed E-state index contributed by atoms with van der Waals surface area (Å²) < 4.78 is 6.46. The fourth-order valence-corrected chi connectivity index (χ4v) is 1.32. The number of hydrogen-bond donors (Lipinski definition) is 0. The number of aromatic nitrogens is 2. The summed E-state index contributed by atoms with van der Waals surface area (Å²) in [5.41, 5.74) is 0.891. The third-order valence-electron chi connectivity index (χ3n) is 1.81. The van der Waals surface area contributed by atoms with Crippen molar-refractivity contribution in [3.8, 4) is 5.75 Å². The van der Waals surface area contributed by atoms with Crippen LogP contribution >= 0.6 is 15.9 Å². The highest BCUT2D eigenvalue weighted by atomic mass is 79.9. The Hall–Kier alpha value is -1.42. The monoisotopic (exact) mass is 264 g/mol. The van der Waals surface area contributed by atoms with E-state index in [1.54, 1.807) is 18.6 Å². The summed E-state index contributed by atoms with van der Waals surface area (Å²) in [6.45, 7) is 0.457. The Labute approximate surface area is 96.3 Å². The Bertz CT molecular complexity index is 416. The van der Waals surface area contributed by atoms with Crippen molar-refractivity contribution in [2.24, 2.45) is 0 Å². The Morgan fingerprint density at radius 3 is 2.80 bits per heavy atom. The molecule has 76 valence electrons. The minimum atomic E-state index is 0.457. The molecule has 0 fully saturated rings. The third-order valence-corrected chi connectivity index (χ3v) is 2.28. The summed E-state index contributed by atoms with van der Waals surface area (Å²) in [7, 11) is 0. The number of pyridine rings is 2. The van der Waals surface area contributed by atoms with E-state index >= 15 is 0 Å². The predicted molar refractivity (Wildman–Crippen MR) is 60.5 cm³/mol. The molecule has 0 saturated carbocycles. The van der Waals surface area contributed by atoms with Crippen LogP contribution in [0.15, 0.2) is 47.3 Å². The topological polar surface area (TPSA) is 35.0 Å². The lowest BCUT2D eigenvalue weighted by atomic mass is 10.4. The van der Waals surface area contributed by atoms with E-state index in [1.807, 2.05) is 24.3 Å². The molecule has 0 bridgehead atoms. The fourth-order valence-electron chi connectivity index (χ4n) is 1.08. The molecule has 0 unspecified atom stereocenters. The Morgan fingerprint density at radius 1 is 1.20 bits per heavy atom. The molecule has 0 saturated heterocycles. The largest absolute Gasteiger partial charge is 0.486 e. The molecule has 0 aliphatic heterocycles. The first kappa shape index (κ1) is 10.1. The average molecular weight is 265 g/mol. The van der Waals surface area contributed by atoms with Crippen LogP contribution in [0.5, 0.6) is 5.75 Å². The van der Waals surface area contributed by atoms with Gasteiger partial charge in [0.15, 0.2) is 0 Å². The number of hydrogen-bond acceptors (Lipinski definition) is 3. The second kappa shape index (κ2) is 4.89. The van der Waals surface area contributed by atoms with E-state index in [0.29, 0.717) is 6.61 Å². The highest BCUT2D eigenvalue weighted by Gasteiger charge is 1.96. The van der Waals surface area contributed by atoms with Gasteiger partial charge in [0.05, 0.1) is 11.9 Å². The van der Waals surface area contributed by atoms with E-state index in [4.69, 9.17) is 4.74 Å². The Balaban J connectivity index is 1.96. The van der Waals surface area contributed by atoms with Gasteiger partial charge >= 0.3 is 0 Å². The molecular formula is C11H9BrN2O. The van der Waals surface area contributed by atoms with Crippen LogP contribution in [0.1, 0.15) is 5.69 Å². The van der Waals surface area contributed by atoms with Crippen molar-refractivity contribution in [3.63, 3.8) is 0 Å². The summed E-state index contributed by atoms with van der Waals surface area (Å²) in [6.07, 6.45) is 5.14. The minimum absolute atomic E-state index is 0.457. The van der Waals surface area contributed by atoms with Crippen LogP contribution in [0.3, 0.4) is 0 Å². The normalized spacial score (nSPS) is 9.93. The Kier molecular flexibility index (Phi) is 3.29. The summed E-state index contributed by atoms with van der Waals surface area (Å²) in [6, 6.07) is 7.56. The van der Waals surface area contributed by atoms with Crippen molar-refractivity contribution in [3.05, 3.63) is 53.0 Å². The first-order valence-electron chi connectivity index (χ1n) is 4.48. The molecule has 2 rings (SSSR count). The lowest BCUT2D eigenvalue weighted by molar-refractivity contribution is 0.300. The van der Waals surface area contributed by atoms with Crippen LogP contribution in [0.2, 0.25) is 0 Å². The van der Waals surface area contributed by atoms with E-state index in [-0.39, 0.29) is 0 Å². The predicted octanol–water partition coefficient (Wildman–Crippen LogP) is 2.82. The fraction of sp³-hybridized carbons (Fsp3) is 0.0909. The smallest absolute Gasteiger partial charge is 0.138 e. The van der Waals surface area contributed by atoms with Gasteiger partial charge in [-0.25, -0.2) is 0 Å². The van der Waals surface area contributed by atoms with Gasteiger partial charge in [-0.15, -0.1) is 0 Å². The van der Waals surface area contributed by atoms with Gasteiger partial charge in [-0.3, -0.25) is 9.97 Å². The molecule has 3 nitrogen and oxygen atoms in total. The maximum absolute atomic E-state index is 5.49. The second-order valence-corrected chi connectivity index (χ2v) is 3.86. The maximum atomic E-state index is 5.49. The zero-order valence-corrected chi connectivity index (χ0v) is 9.52. The number of halogens is 1. The zero-order chi connectivity index (χ0) is 10.5. The minimum Gasteiger partial charge on any atom is -0.486 e. The summed E-state index contributed by atoms with van der Waals surface area (Å²) in [4.78, 5) is 8.16. The van der Waals surface area contributed by atoms with E-state index in [0.717, 1.165) is 15.9 Å². The number of ether oxygens (including phenoxy) is 1. The van der Waals surface area contributed by atoms with Crippen LogP contribution < -0.4 is 4.74 Å². The zero-order valence-electron chi connectivity index (χ0n) is 7.93. The molecule has 2 heterocycles. The van der Waals surface area contributed by atoms with E-state index in [2.05, 4.69) is 25.9 Å². The number of nitrogens with zero attached hydrogens (tertiary/aromatic N) is 2. The quantitative estimate of drug-likeness (QED) is 0.855. The lowest BCUT2D eigenvalue weighted by Gasteiger charge is -2.04. The second-order valence-electron chi connectivity index (χ2n) is 2.95. The van der Waals surface area contributed by atoms with Crippen LogP contribution in [-0.4, -0.2) is 9.97 Å². The molecule has 2 aromatic heterocycles.